The van der Waals surface area contributed by atoms with Crippen LogP contribution < -0.4 is 4.90 Å². The van der Waals surface area contributed by atoms with Crippen molar-refractivity contribution < 1.29 is 13.2 Å². The van der Waals surface area contributed by atoms with Crippen LogP contribution in [0, 0.1) is 0 Å². The molecule has 8 heteroatoms. The van der Waals surface area contributed by atoms with Gasteiger partial charge in [-0.2, -0.15) is 13.2 Å². The summed E-state index contributed by atoms with van der Waals surface area (Å²) in [6.07, 6.45) is -1.52. The second-order valence-electron chi connectivity index (χ2n) is 6.11. The summed E-state index contributed by atoms with van der Waals surface area (Å²) in [6.45, 7) is 6.28. The fourth-order valence-corrected chi connectivity index (χ4v) is 3.65. The quantitative estimate of drug-likeness (QED) is 0.819. The van der Waals surface area contributed by atoms with E-state index in [0.29, 0.717) is 5.82 Å². The zero-order valence-corrected chi connectivity index (χ0v) is 14.9. The third kappa shape index (κ3) is 4.70. The molecular formula is C17H21F3N4S. The fraction of sp³-hybridized carbons (Fsp3) is 0.529. The summed E-state index contributed by atoms with van der Waals surface area (Å²) in [5, 5.41) is 3.26. The Balaban J connectivity index is 1.59. The van der Waals surface area contributed by atoms with Crippen LogP contribution in [0.25, 0.3) is 0 Å². The van der Waals surface area contributed by atoms with Crippen LogP contribution in [0.1, 0.15) is 29.6 Å². The molecule has 1 aliphatic rings. The van der Waals surface area contributed by atoms with Crippen molar-refractivity contribution in [3.8, 4) is 0 Å². The van der Waals surface area contributed by atoms with Crippen molar-refractivity contribution >= 4 is 17.2 Å². The molecule has 0 atom stereocenters. The summed E-state index contributed by atoms with van der Waals surface area (Å²) >= 11 is 1.69. The Morgan fingerprint density at radius 2 is 2.00 bits per heavy atom. The molecule has 3 rings (SSSR count). The number of hydrogen-bond acceptors (Lipinski definition) is 5. The third-order valence-corrected chi connectivity index (χ3v) is 5.32. The average Bonchev–Trinajstić information content (AvgIpc) is 2.91. The third-order valence-electron chi connectivity index (χ3n) is 4.28. The molecule has 2 aromatic heterocycles. The van der Waals surface area contributed by atoms with Gasteiger partial charge in [0.25, 0.3) is 0 Å². The van der Waals surface area contributed by atoms with Crippen LogP contribution in [-0.2, 0) is 19.1 Å². The Kier molecular flexibility index (Phi) is 5.58. The second kappa shape index (κ2) is 7.70. The number of anilines is 1. The molecule has 25 heavy (non-hydrogen) atoms. The Labute approximate surface area is 149 Å². The lowest BCUT2D eigenvalue weighted by Crippen LogP contribution is -2.31. The number of aryl methyl sites for hydroxylation is 1. The molecule has 1 aliphatic heterocycles. The van der Waals surface area contributed by atoms with Crippen molar-refractivity contribution in [1.82, 2.24) is 14.9 Å². The number of alkyl halides is 3. The topological polar surface area (TPSA) is 32.3 Å². The molecule has 0 amide bonds. The van der Waals surface area contributed by atoms with E-state index >= 15 is 0 Å². The lowest BCUT2D eigenvalue weighted by Gasteiger charge is -2.22. The summed E-state index contributed by atoms with van der Waals surface area (Å²) in [5.41, 5.74) is 0.394. The SMILES string of the molecule is CCc1nc(CN2CCCN(c3ccc(C(F)(F)F)cn3)CC2)cs1. The first kappa shape index (κ1) is 18.1. The molecule has 1 saturated heterocycles. The molecule has 0 saturated carbocycles. The zero-order valence-electron chi connectivity index (χ0n) is 14.1. The van der Waals surface area contributed by atoms with Gasteiger partial charge in [-0.15, -0.1) is 11.3 Å². The van der Waals surface area contributed by atoms with E-state index in [-0.39, 0.29) is 0 Å². The highest BCUT2D eigenvalue weighted by molar-refractivity contribution is 7.09. The van der Waals surface area contributed by atoms with Crippen LogP contribution >= 0.6 is 11.3 Å². The summed E-state index contributed by atoms with van der Waals surface area (Å²) in [7, 11) is 0. The lowest BCUT2D eigenvalue weighted by molar-refractivity contribution is -0.137. The predicted molar refractivity (Wildman–Crippen MR) is 92.8 cm³/mol. The van der Waals surface area contributed by atoms with Gasteiger partial charge >= 0.3 is 6.18 Å². The van der Waals surface area contributed by atoms with Crippen LogP contribution in [0.4, 0.5) is 19.0 Å². The minimum Gasteiger partial charge on any atom is -0.355 e. The van der Waals surface area contributed by atoms with Crippen LogP contribution in [0.15, 0.2) is 23.7 Å². The summed E-state index contributed by atoms with van der Waals surface area (Å²) in [4.78, 5) is 13.0. The lowest BCUT2D eigenvalue weighted by atomic mass is 10.2. The van der Waals surface area contributed by atoms with E-state index in [2.05, 4.69) is 32.1 Å². The molecule has 2 aromatic rings. The van der Waals surface area contributed by atoms with Crippen molar-refractivity contribution in [2.45, 2.75) is 32.5 Å². The Hall–Kier alpha value is -1.67. The molecule has 0 radical (unpaired) electrons. The smallest absolute Gasteiger partial charge is 0.355 e. The number of hydrogen-bond donors (Lipinski definition) is 0. The highest BCUT2D eigenvalue weighted by atomic mass is 32.1. The molecule has 0 aromatic carbocycles. The summed E-state index contributed by atoms with van der Waals surface area (Å²) in [6, 6.07) is 2.57. The van der Waals surface area contributed by atoms with E-state index in [0.717, 1.165) is 68.5 Å². The van der Waals surface area contributed by atoms with Gasteiger partial charge in [-0.25, -0.2) is 9.97 Å². The van der Waals surface area contributed by atoms with Crippen LogP contribution in [0.3, 0.4) is 0 Å². The van der Waals surface area contributed by atoms with Gasteiger partial charge in [0.2, 0.25) is 0 Å². The number of thiazole rings is 1. The molecule has 0 bridgehead atoms. The van der Waals surface area contributed by atoms with Crippen LogP contribution in [0.5, 0.6) is 0 Å². The largest absolute Gasteiger partial charge is 0.417 e. The number of halogens is 3. The number of pyridine rings is 1. The standard InChI is InChI=1S/C17H21F3N4S/c1-2-16-22-14(12-25-16)11-23-6-3-7-24(9-8-23)15-5-4-13(10-21-15)17(18,19)20/h4-5,10,12H,2-3,6-9,11H2,1H3. The van der Waals surface area contributed by atoms with Gasteiger partial charge in [-0.3, -0.25) is 4.90 Å². The highest BCUT2D eigenvalue weighted by Gasteiger charge is 2.31. The van der Waals surface area contributed by atoms with Crippen molar-refractivity contribution in [3.05, 3.63) is 40.0 Å². The highest BCUT2D eigenvalue weighted by Crippen LogP contribution is 2.29. The maximum Gasteiger partial charge on any atom is 0.417 e. The summed E-state index contributed by atoms with van der Waals surface area (Å²) < 4.78 is 37.9. The molecule has 0 aliphatic carbocycles. The Bertz CT molecular complexity index is 684. The van der Waals surface area contributed by atoms with E-state index in [4.69, 9.17) is 0 Å². The Morgan fingerprint density at radius 3 is 2.64 bits per heavy atom. The van der Waals surface area contributed by atoms with E-state index in [1.807, 2.05) is 0 Å². The molecule has 136 valence electrons. The average molecular weight is 370 g/mol. The van der Waals surface area contributed by atoms with Gasteiger partial charge in [0.15, 0.2) is 0 Å². The maximum atomic E-state index is 12.6. The minimum atomic E-state index is -4.34. The number of rotatable bonds is 4. The van der Waals surface area contributed by atoms with Crippen molar-refractivity contribution in [1.29, 1.82) is 0 Å². The molecule has 4 nitrogen and oxygen atoms in total. The van der Waals surface area contributed by atoms with Gasteiger partial charge in [0, 0.05) is 44.3 Å². The first-order chi connectivity index (χ1) is 12.0. The molecule has 0 spiro atoms. The fourth-order valence-electron chi connectivity index (χ4n) is 2.91. The van der Waals surface area contributed by atoms with Gasteiger partial charge in [-0.1, -0.05) is 6.92 Å². The van der Waals surface area contributed by atoms with Gasteiger partial charge in [-0.05, 0) is 25.0 Å². The first-order valence-corrected chi connectivity index (χ1v) is 9.27. The zero-order chi connectivity index (χ0) is 17.9. The van der Waals surface area contributed by atoms with Crippen LogP contribution in [-0.4, -0.2) is 41.0 Å². The van der Waals surface area contributed by atoms with E-state index in [1.165, 1.54) is 6.07 Å². The molecule has 3 heterocycles. The van der Waals surface area contributed by atoms with Crippen LogP contribution in [0.2, 0.25) is 0 Å². The molecule has 0 unspecified atom stereocenters. The van der Waals surface area contributed by atoms with E-state index in [9.17, 15) is 13.2 Å². The van der Waals surface area contributed by atoms with Gasteiger partial charge < -0.3 is 4.90 Å². The second-order valence-corrected chi connectivity index (χ2v) is 7.05. The van der Waals surface area contributed by atoms with E-state index in [1.54, 1.807) is 11.3 Å². The molecule has 0 N–H and O–H groups in total. The maximum absolute atomic E-state index is 12.6. The van der Waals surface area contributed by atoms with Crippen molar-refractivity contribution in [2.24, 2.45) is 0 Å². The Morgan fingerprint density at radius 1 is 1.16 bits per heavy atom. The monoisotopic (exact) mass is 370 g/mol. The number of aromatic nitrogens is 2. The predicted octanol–water partition coefficient (Wildman–Crippen LogP) is 3.83. The van der Waals surface area contributed by atoms with Crippen molar-refractivity contribution in [3.63, 3.8) is 0 Å². The van der Waals surface area contributed by atoms with E-state index < -0.39 is 11.7 Å². The van der Waals surface area contributed by atoms with Gasteiger partial charge in [0.1, 0.15) is 5.82 Å². The molecule has 1 fully saturated rings. The first-order valence-electron chi connectivity index (χ1n) is 8.39. The molecular weight excluding hydrogens is 349 g/mol. The number of nitrogens with zero attached hydrogens (tertiary/aromatic N) is 4. The normalized spacial score (nSPS) is 16.9. The van der Waals surface area contributed by atoms with Crippen molar-refractivity contribution in [2.75, 3.05) is 31.1 Å². The minimum absolute atomic E-state index is 0.608. The van der Waals surface area contributed by atoms with Gasteiger partial charge in [0.05, 0.1) is 16.3 Å². The summed E-state index contributed by atoms with van der Waals surface area (Å²) in [5.74, 6) is 0.608.